The summed E-state index contributed by atoms with van der Waals surface area (Å²) in [5.41, 5.74) is 4.35. The molecular weight excluding hydrogens is 355 g/mol. The number of nitrogens with one attached hydrogen (secondary N) is 1. The molecule has 28 heavy (non-hydrogen) atoms. The van der Waals surface area contributed by atoms with Crippen molar-refractivity contribution in [2.24, 2.45) is 7.05 Å². The Balaban J connectivity index is 1.68. The molecule has 0 unspecified atom stereocenters. The zero-order valence-corrected chi connectivity index (χ0v) is 15.8. The number of hydrogen-bond donors (Lipinski definition) is 1. The lowest BCUT2D eigenvalue weighted by atomic mass is 10.1. The molecule has 4 rings (SSSR count). The van der Waals surface area contributed by atoms with Gasteiger partial charge in [-0.25, -0.2) is 14.1 Å². The van der Waals surface area contributed by atoms with Crippen molar-refractivity contribution in [3.8, 4) is 5.69 Å². The molecule has 0 bridgehead atoms. The predicted molar refractivity (Wildman–Crippen MR) is 107 cm³/mol. The van der Waals surface area contributed by atoms with Gasteiger partial charge < -0.3 is 9.88 Å². The van der Waals surface area contributed by atoms with Gasteiger partial charge in [0, 0.05) is 29.9 Å². The van der Waals surface area contributed by atoms with Gasteiger partial charge in [-0.2, -0.15) is 5.10 Å². The van der Waals surface area contributed by atoms with Crippen LogP contribution in [0.4, 0.5) is 4.39 Å². The van der Waals surface area contributed by atoms with E-state index >= 15 is 0 Å². The Labute approximate surface area is 162 Å². The number of aromatic nitrogens is 5. The third-order valence-electron chi connectivity index (χ3n) is 4.86. The molecule has 0 saturated carbocycles. The normalized spacial score (nSPS) is 12.2. The maximum absolute atomic E-state index is 13.2. The number of fused-ring (bicyclic) bond motifs is 1. The summed E-state index contributed by atoms with van der Waals surface area (Å²) in [7, 11) is 1.98. The number of aryl methyl sites for hydroxylation is 1. The number of hydrogen-bond acceptors (Lipinski definition) is 4. The van der Waals surface area contributed by atoms with Crippen LogP contribution in [-0.4, -0.2) is 24.3 Å². The first-order valence-corrected chi connectivity index (χ1v) is 9.08. The zero-order valence-electron chi connectivity index (χ0n) is 15.8. The first kappa shape index (κ1) is 17.9. The summed E-state index contributed by atoms with van der Waals surface area (Å²) in [6.07, 6.45) is 9.85. The van der Waals surface area contributed by atoms with Crippen molar-refractivity contribution in [1.29, 1.82) is 0 Å². The van der Waals surface area contributed by atoms with Crippen LogP contribution in [0.1, 0.15) is 30.6 Å². The average molecular weight is 376 g/mol. The Morgan fingerprint density at radius 1 is 1.14 bits per heavy atom. The Hall–Kier alpha value is -3.48. The predicted octanol–water partition coefficient (Wildman–Crippen LogP) is 4.00. The lowest BCUT2D eigenvalue weighted by Crippen LogP contribution is -2.21. The zero-order chi connectivity index (χ0) is 19.7. The minimum absolute atomic E-state index is 0.0856. The second kappa shape index (κ2) is 7.26. The highest BCUT2D eigenvalue weighted by Crippen LogP contribution is 2.26. The first-order chi connectivity index (χ1) is 13.6. The summed E-state index contributed by atoms with van der Waals surface area (Å²) in [6, 6.07) is 6.30. The summed E-state index contributed by atoms with van der Waals surface area (Å²) < 4.78 is 17.0. The Morgan fingerprint density at radius 3 is 2.61 bits per heavy atom. The van der Waals surface area contributed by atoms with Crippen LogP contribution in [-0.2, 0) is 7.05 Å². The third kappa shape index (κ3) is 3.15. The van der Waals surface area contributed by atoms with Gasteiger partial charge in [0.25, 0.3) is 0 Å². The van der Waals surface area contributed by atoms with Gasteiger partial charge in [0.15, 0.2) is 0 Å². The lowest BCUT2D eigenvalue weighted by molar-refractivity contribution is 0.573. The molecule has 7 heteroatoms. The van der Waals surface area contributed by atoms with Gasteiger partial charge in [0.05, 0.1) is 47.9 Å². The number of pyridine rings is 1. The molecule has 3 heterocycles. The van der Waals surface area contributed by atoms with Crippen LogP contribution >= 0.6 is 0 Å². The molecule has 3 aromatic heterocycles. The molecule has 0 spiro atoms. The molecule has 4 aromatic rings. The van der Waals surface area contributed by atoms with Gasteiger partial charge in [-0.1, -0.05) is 13.5 Å². The van der Waals surface area contributed by atoms with Crippen LogP contribution in [0.5, 0.6) is 0 Å². The van der Waals surface area contributed by atoms with Crippen LogP contribution in [0, 0.1) is 5.82 Å². The summed E-state index contributed by atoms with van der Waals surface area (Å²) in [4.78, 5) is 8.57. The van der Waals surface area contributed by atoms with E-state index < -0.39 is 0 Å². The maximum Gasteiger partial charge on any atom is 0.123 e. The fourth-order valence-electron chi connectivity index (χ4n) is 3.35. The monoisotopic (exact) mass is 376 g/mol. The Bertz CT molecular complexity index is 1130. The fraction of sp³-hybridized carbons (Fsp3) is 0.190. The van der Waals surface area contributed by atoms with E-state index in [9.17, 15) is 4.39 Å². The highest BCUT2D eigenvalue weighted by molar-refractivity contribution is 5.90. The number of benzene rings is 1. The number of rotatable bonds is 6. The van der Waals surface area contributed by atoms with Gasteiger partial charge in [0.1, 0.15) is 5.82 Å². The van der Waals surface area contributed by atoms with E-state index in [1.54, 1.807) is 41.7 Å². The molecule has 0 saturated heterocycles. The Morgan fingerprint density at radius 2 is 1.93 bits per heavy atom. The van der Waals surface area contributed by atoms with Crippen molar-refractivity contribution in [3.63, 3.8) is 0 Å². The van der Waals surface area contributed by atoms with Crippen LogP contribution in [0.15, 0.2) is 62.0 Å². The topological polar surface area (TPSA) is 60.6 Å². The molecule has 6 nitrogen and oxygen atoms in total. The van der Waals surface area contributed by atoms with E-state index in [-0.39, 0.29) is 11.9 Å². The second-order valence-electron chi connectivity index (χ2n) is 6.67. The van der Waals surface area contributed by atoms with Crippen LogP contribution in [0.2, 0.25) is 0 Å². The largest absolute Gasteiger partial charge is 0.377 e. The van der Waals surface area contributed by atoms with E-state index in [4.69, 9.17) is 0 Å². The van der Waals surface area contributed by atoms with Gasteiger partial charge in [-0.15, -0.1) is 0 Å². The molecule has 0 aliphatic rings. The minimum atomic E-state index is -0.280. The smallest absolute Gasteiger partial charge is 0.123 e. The molecule has 0 aliphatic carbocycles. The quantitative estimate of drug-likeness (QED) is 0.552. The first-order valence-electron chi connectivity index (χ1n) is 9.08. The lowest BCUT2D eigenvalue weighted by Gasteiger charge is -2.20. The Kier molecular flexibility index (Phi) is 4.65. The minimum Gasteiger partial charge on any atom is -0.377 e. The SMILES string of the molecule is C=C(N[C@@H](CC)c1cncn1C)c1cncc2c1cnn2-c1ccc(F)cc1. The molecular formula is C21H21FN6. The molecule has 142 valence electrons. The standard InChI is InChI=1S/C21H21FN6/c1-4-19(21-12-24-13-27(21)3)26-14(2)17-9-23-11-20-18(17)10-25-28(20)16-7-5-15(22)6-8-16/h5-13,19,26H,2,4H2,1,3H3/t19-/m0/s1. The van der Waals surface area contributed by atoms with Crippen molar-refractivity contribution in [3.05, 3.63) is 79.0 Å². The van der Waals surface area contributed by atoms with Gasteiger partial charge in [-0.3, -0.25) is 4.98 Å². The van der Waals surface area contributed by atoms with Crippen molar-refractivity contribution >= 4 is 16.6 Å². The van der Waals surface area contributed by atoms with E-state index in [0.29, 0.717) is 0 Å². The average Bonchev–Trinajstić information content (AvgIpc) is 3.32. The maximum atomic E-state index is 13.2. The van der Waals surface area contributed by atoms with Gasteiger partial charge >= 0.3 is 0 Å². The molecule has 1 N–H and O–H groups in total. The summed E-state index contributed by atoms with van der Waals surface area (Å²) in [6.45, 7) is 6.34. The summed E-state index contributed by atoms with van der Waals surface area (Å²) in [5.74, 6) is -0.280. The van der Waals surface area contributed by atoms with E-state index in [1.165, 1.54) is 12.1 Å². The third-order valence-corrected chi connectivity index (χ3v) is 4.86. The second-order valence-corrected chi connectivity index (χ2v) is 6.67. The van der Waals surface area contributed by atoms with E-state index in [1.807, 2.05) is 17.8 Å². The number of halogens is 1. The molecule has 1 aromatic carbocycles. The summed E-state index contributed by atoms with van der Waals surface area (Å²) in [5, 5.41) is 8.89. The molecule has 0 aliphatic heterocycles. The van der Waals surface area contributed by atoms with E-state index in [0.717, 1.165) is 40.0 Å². The van der Waals surface area contributed by atoms with Crippen LogP contribution < -0.4 is 5.32 Å². The summed E-state index contributed by atoms with van der Waals surface area (Å²) >= 11 is 0. The van der Waals surface area contributed by atoms with Crippen LogP contribution in [0.25, 0.3) is 22.3 Å². The number of imidazole rings is 1. The number of nitrogens with zero attached hydrogens (tertiary/aromatic N) is 5. The molecule has 1 atom stereocenters. The van der Waals surface area contributed by atoms with Gasteiger partial charge in [0.2, 0.25) is 0 Å². The van der Waals surface area contributed by atoms with Gasteiger partial charge in [-0.05, 0) is 30.7 Å². The fourth-order valence-corrected chi connectivity index (χ4v) is 3.35. The molecule has 0 radical (unpaired) electrons. The highest BCUT2D eigenvalue weighted by atomic mass is 19.1. The van der Waals surface area contributed by atoms with Crippen molar-refractivity contribution < 1.29 is 4.39 Å². The molecule has 0 amide bonds. The van der Waals surface area contributed by atoms with E-state index in [2.05, 4.69) is 33.9 Å². The van der Waals surface area contributed by atoms with Crippen molar-refractivity contribution in [2.75, 3.05) is 0 Å². The van der Waals surface area contributed by atoms with Crippen molar-refractivity contribution in [2.45, 2.75) is 19.4 Å². The van der Waals surface area contributed by atoms with Crippen LogP contribution in [0.3, 0.4) is 0 Å². The highest BCUT2D eigenvalue weighted by Gasteiger charge is 2.17. The molecule has 0 fully saturated rings. The van der Waals surface area contributed by atoms with Crippen molar-refractivity contribution in [1.82, 2.24) is 29.6 Å².